The maximum atomic E-state index is 5.91. The van der Waals surface area contributed by atoms with Crippen LogP contribution in [0.5, 0.6) is 0 Å². The zero-order valence-corrected chi connectivity index (χ0v) is 11.6. The van der Waals surface area contributed by atoms with Gasteiger partial charge in [0, 0.05) is 37.8 Å². The summed E-state index contributed by atoms with van der Waals surface area (Å²) in [4.78, 5) is 5.20. The molecule has 2 N–H and O–H groups in total. The van der Waals surface area contributed by atoms with Gasteiger partial charge in [0.2, 0.25) is 0 Å². The third kappa shape index (κ3) is 3.21. The van der Waals surface area contributed by atoms with Crippen LogP contribution in [0.2, 0.25) is 0 Å². The molecule has 2 aliphatic rings. The van der Waals surface area contributed by atoms with Crippen LogP contribution in [0.3, 0.4) is 0 Å². The Labute approximate surface area is 106 Å². The molecule has 0 bridgehead atoms. The van der Waals surface area contributed by atoms with E-state index in [1.54, 1.807) is 0 Å². The Bertz CT molecular complexity index is 224. The maximum absolute atomic E-state index is 5.91. The number of likely N-dealkylation sites (N-methyl/N-ethyl adjacent to an activating group) is 1. The highest BCUT2D eigenvalue weighted by atomic mass is 15.3. The van der Waals surface area contributed by atoms with E-state index in [4.69, 9.17) is 5.73 Å². The summed E-state index contributed by atoms with van der Waals surface area (Å²) < 4.78 is 0. The lowest BCUT2D eigenvalue weighted by molar-refractivity contribution is 0.0257. The van der Waals surface area contributed by atoms with Gasteiger partial charge in [-0.1, -0.05) is 25.7 Å². The summed E-state index contributed by atoms with van der Waals surface area (Å²) in [6, 6.07) is 2.05. The van der Waals surface area contributed by atoms with Crippen molar-refractivity contribution in [3.05, 3.63) is 0 Å². The molecular formula is C14H29N3. The van der Waals surface area contributed by atoms with Gasteiger partial charge in [0.25, 0.3) is 0 Å². The Kier molecular flexibility index (Phi) is 4.83. The first-order valence-corrected chi connectivity index (χ1v) is 7.38. The van der Waals surface area contributed by atoms with Crippen LogP contribution in [-0.2, 0) is 0 Å². The fourth-order valence-electron chi connectivity index (χ4n) is 3.46. The minimum Gasteiger partial charge on any atom is -0.329 e. The molecule has 2 atom stereocenters. The first-order chi connectivity index (χ1) is 8.22. The summed E-state index contributed by atoms with van der Waals surface area (Å²) in [5, 5.41) is 0. The highest BCUT2D eigenvalue weighted by molar-refractivity contribution is 4.89. The van der Waals surface area contributed by atoms with Crippen LogP contribution in [0.4, 0.5) is 0 Å². The van der Waals surface area contributed by atoms with E-state index in [0.717, 1.165) is 12.6 Å². The van der Waals surface area contributed by atoms with Gasteiger partial charge in [-0.15, -0.1) is 0 Å². The van der Waals surface area contributed by atoms with E-state index in [2.05, 4.69) is 23.8 Å². The summed E-state index contributed by atoms with van der Waals surface area (Å²) in [5.41, 5.74) is 5.91. The van der Waals surface area contributed by atoms with Crippen molar-refractivity contribution in [2.75, 3.05) is 26.7 Å². The van der Waals surface area contributed by atoms with Crippen molar-refractivity contribution in [3.63, 3.8) is 0 Å². The summed E-state index contributed by atoms with van der Waals surface area (Å²) in [7, 11) is 2.23. The second-order valence-electron chi connectivity index (χ2n) is 6.00. The van der Waals surface area contributed by atoms with E-state index in [1.807, 2.05) is 0 Å². The third-order valence-corrected chi connectivity index (χ3v) is 4.83. The molecule has 17 heavy (non-hydrogen) atoms. The molecule has 0 aromatic rings. The van der Waals surface area contributed by atoms with Crippen molar-refractivity contribution in [1.29, 1.82) is 0 Å². The zero-order chi connectivity index (χ0) is 12.3. The topological polar surface area (TPSA) is 32.5 Å². The smallest absolute Gasteiger partial charge is 0.0346 e. The van der Waals surface area contributed by atoms with Gasteiger partial charge in [0.1, 0.15) is 0 Å². The highest BCUT2D eigenvalue weighted by Crippen LogP contribution is 2.25. The predicted octanol–water partition coefficient (Wildman–Crippen LogP) is 1.67. The van der Waals surface area contributed by atoms with Crippen molar-refractivity contribution in [1.82, 2.24) is 9.80 Å². The minimum atomic E-state index is 0.557. The molecule has 0 amide bonds. The van der Waals surface area contributed by atoms with Crippen molar-refractivity contribution in [3.8, 4) is 0 Å². The van der Waals surface area contributed by atoms with E-state index < -0.39 is 0 Å². The number of rotatable bonds is 2. The van der Waals surface area contributed by atoms with Crippen molar-refractivity contribution in [2.24, 2.45) is 5.73 Å². The maximum Gasteiger partial charge on any atom is 0.0346 e. The Morgan fingerprint density at radius 1 is 1.06 bits per heavy atom. The second kappa shape index (κ2) is 6.17. The fraction of sp³-hybridized carbons (Fsp3) is 1.00. The van der Waals surface area contributed by atoms with Crippen molar-refractivity contribution in [2.45, 2.75) is 63.6 Å². The van der Waals surface area contributed by atoms with Crippen LogP contribution in [-0.4, -0.2) is 54.6 Å². The molecule has 1 saturated carbocycles. The van der Waals surface area contributed by atoms with Crippen LogP contribution in [0.25, 0.3) is 0 Å². The van der Waals surface area contributed by atoms with Crippen molar-refractivity contribution >= 4 is 0 Å². The molecule has 0 aromatic carbocycles. The van der Waals surface area contributed by atoms with Gasteiger partial charge in [-0.2, -0.15) is 0 Å². The molecular weight excluding hydrogens is 210 g/mol. The molecule has 1 aliphatic heterocycles. The Morgan fingerprint density at radius 2 is 1.71 bits per heavy atom. The second-order valence-corrected chi connectivity index (χ2v) is 6.00. The van der Waals surface area contributed by atoms with E-state index in [1.165, 1.54) is 51.6 Å². The molecule has 2 fully saturated rings. The molecule has 3 heteroatoms. The monoisotopic (exact) mass is 239 g/mol. The van der Waals surface area contributed by atoms with Crippen LogP contribution in [0, 0.1) is 0 Å². The van der Waals surface area contributed by atoms with E-state index in [-0.39, 0.29) is 0 Å². The number of hydrogen-bond acceptors (Lipinski definition) is 3. The van der Waals surface area contributed by atoms with Crippen LogP contribution in [0.15, 0.2) is 0 Å². The van der Waals surface area contributed by atoms with Crippen LogP contribution < -0.4 is 5.73 Å². The van der Waals surface area contributed by atoms with Gasteiger partial charge in [0.15, 0.2) is 0 Å². The molecule has 1 heterocycles. The lowest BCUT2D eigenvalue weighted by Gasteiger charge is -2.46. The fourth-order valence-corrected chi connectivity index (χ4v) is 3.46. The van der Waals surface area contributed by atoms with Crippen molar-refractivity contribution < 1.29 is 0 Å². The molecule has 100 valence electrons. The number of nitrogens with zero attached hydrogens (tertiary/aromatic N) is 2. The number of nitrogens with two attached hydrogens (primary N) is 1. The summed E-state index contributed by atoms with van der Waals surface area (Å²) in [6.07, 6.45) is 8.57. The largest absolute Gasteiger partial charge is 0.329 e. The van der Waals surface area contributed by atoms with Gasteiger partial charge < -0.3 is 5.73 Å². The molecule has 1 aliphatic carbocycles. The highest BCUT2D eigenvalue weighted by Gasteiger charge is 2.32. The van der Waals surface area contributed by atoms with E-state index in [0.29, 0.717) is 12.1 Å². The third-order valence-electron chi connectivity index (χ3n) is 4.83. The van der Waals surface area contributed by atoms with Gasteiger partial charge >= 0.3 is 0 Å². The average Bonchev–Trinajstić information content (AvgIpc) is 2.61. The molecule has 2 unspecified atom stereocenters. The predicted molar refractivity (Wildman–Crippen MR) is 73.1 cm³/mol. The summed E-state index contributed by atoms with van der Waals surface area (Å²) in [5.74, 6) is 0. The standard InChI is InChI=1S/C14H29N3/c1-12-10-17(11-14(9-15)16(12)2)13-7-5-3-4-6-8-13/h12-14H,3-11,15H2,1-2H3. The minimum absolute atomic E-state index is 0.557. The zero-order valence-electron chi connectivity index (χ0n) is 11.6. The molecule has 2 rings (SSSR count). The SMILES string of the molecule is CC1CN(C2CCCCCC2)CC(CN)N1C. The Morgan fingerprint density at radius 3 is 2.29 bits per heavy atom. The first-order valence-electron chi connectivity index (χ1n) is 7.38. The van der Waals surface area contributed by atoms with E-state index >= 15 is 0 Å². The van der Waals surface area contributed by atoms with Gasteiger partial charge in [-0.25, -0.2) is 0 Å². The molecule has 3 nitrogen and oxygen atoms in total. The average molecular weight is 239 g/mol. The van der Waals surface area contributed by atoms with Crippen LogP contribution >= 0.6 is 0 Å². The van der Waals surface area contributed by atoms with Crippen LogP contribution in [0.1, 0.15) is 45.4 Å². The van der Waals surface area contributed by atoms with Gasteiger partial charge in [0.05, 0.1) is 0 Å². The normalized spacial score (nSPS) is 34.8. The van der Waals surface area contributed by atoms with E-state index in [9.17, 15) is 0 Å². The summed E-state index contributed by atoms with van der Waals surface area (Å²) >= 11 is 0. The Balaban J connectivity index is 1.95. The molecule has 1 saturated heterocycles. The lowest BCUT2D eigenvalue weighted by Crippen LogP contribution is -2.60. The molecule has 0 radical (unpaired) electrons. The quantitative estimate of drug-likeness (QED) is 0.744. The molecule has 0 spiro atoms. The lowest BCUT2D eigenvalue weighted by atomic mass is 10.0. The number of hydrogen-bond donors (Lipinski definition) is 1. The van der Waals surface area contributed by atoms with Gasteiger partial charge in [-0.05, 0) is 26.8 Å². The van der Waals surface area contributed by atoms with Gasteiger partial charge in [-0.3, -0.25) is 9.80 Å². The Hall–Kier alpha value is -0.120. The number of piperazine rings is 1. The summed E-state index contributed by atoms with van der Waals surface area (Å²) in [6.45, 7) is 5.55. The first kappa shape index (κ1) is 13.3. The molecule has 0 aromatic heterocycles.